The van der Waals surface area contributed by atoms with Crippen molar-refractivity contribution in [1.82, 2.24) is 5.01 Å². The van der Waals surface area contributed by atoms with Crippen LogP contribution in [0.15, 0.2) is 12.1 Å². The van der Waals surface area contributed by atoms with Gasteiger partial charge in [-0.2, -0.15) is 13.2 Å². The third-order valence-corrected chi connectivity index (χ3v) is 4.99. The van der Waals surface area contributed by atoms with Crippen molar-refractivity contribution < 1.29 is 18.0 Å². The van der Waals surface area contributed by atoms with Crippen LogP contribution in [0.2, 0.25) is 15.1 Å². The molecule has 1 atom stereocenters. The first-order valence-electron chi connectivity index (χ1n) is 6.98. The number of rotatable bonds is 3. The molecule has 0 radical (unpaired) electrons. The van der Waals surface area contributed by atoms with Gasteiger partial charge in [0.25, 0.3) is 5.91 Å². The van der Waals surface area contributed by atoms with Gasteiger partial charge in [0.2, 0.25) is 0 Å². The second-order valence-electron chi connectivity index (χ2n) is 5.78. The molecule has 9 heteroatoms. The molecule has 0 bridgehead atoms. The fourth-order valence-corrected chi connectivity index (χ4v) is 3.22. The number of hydrogen-bond acceptors (Lipinski definition) is 2. The van der Waals surface area contributed by atoms with Gasteiger partial charge in [-0.1, -0.05) is 34.8 Å². The number of hydrogen-bond donors (Lipinski definition) is 0. The Hall–Kier alpha value is -0.690. The van der Waals surface area contributed by atoms with Crippen LogP contribution in [-0.4, -0.2) is 30.2 Å². The van der Waals surface area contributed by atoms with E-state index < -0.39 is 24.5 Å². The van der Waals surface area contributed by atoms with Crippen molar-refractivity contribution in [1.29, 1.82) is 0 Å². The van der Waals surface area contributed by atoms with Crippen LogP contribution in [0.25, 0.3) is 0 Å². The summed E-state index contributed by atoms with van der Waals surface area (Å²) in [6.07, 6.45) is -2.70. The van der Waals surface area contributed by atoms with Crippen molar-refractivity contribution in [3.63, 3.8) is 0 Å². The number of halogens is 6. The van der Waals surface area contributed by atoms with E-state index in [2.05, 4.69) is 0 Å². The van der Waals surface area contributed by atoms with Gasteiger partial charge in [0.05, 0.1) is 20.8 Å². The van der Waals surface area contributed by atoms with Gasteiger partial charge in [0.15, 0.2) is 0 Å². The lowest BCUT2D eigenvalue weighted by molar-refractivity contribution is -0.175. The van der Waals surface area contributed by atoms with E-state index in [1.54, 1.807) is 0 Å². The third-order valence-electron chi connectivity index (χ3n) is 3.96. The number of benzene rings is 1. The van der Waals surface area contributed by atoms with Gasteiger partial charge in [-0.15, -0.1) is 0 Å². The summed E-state index contributed by atoms with van der Waals surface area (Å²) in [6.45, 7) is -0.0235. The molecule has 0 N–H and O–H groups in total. The summed E-state index contributed by atoms with van der Waals surface area (Å²) in [7, 11) is 0. The number of nitrogens with zero attached hydrogens (tertiary/aromatic N) is 2. The minimum atomic E-state index is -4.60. The Balaban J connectivity index is 1.99. The van der Waals surface area contributed by atoms with Crippen LogP contribution in [0.3, 0.4) is 0 Å². The molecule has 2 fully saturated rings. The van der Waals surface area contributed by atoms with Crippen LogP contribution in [0, 0.1) is 11.8 Å². The van der Waals surface area contributed by atoms with Gasteiger partial charge >= 0.3 is 6.18 Å². The van der Waals surface area contributed by atoms with Crippen LogP contribution >= 0.6 is 34.8 Å². The molecule has 3 rings (SSSR count). The maximum Gasteiger partial charge on any atom is 0.401 e. The Morgan fingerprint density at radius 2 is 1.70 bits per heavy atom. The van der Waals surface area contributed by atoms with E-state index in [0.717, 1.165) is 17.9 Å². The average molecular weight is 388 g/mol. The summed E-state index contributed by atoms with van der Waals surface area (Å²) < 4.78 is 39.3. The van der Waals surface area contributed by atoms with Crippen LogP contribution in [0.1, 0.15) is 12.8 Å². The SMILES string of the molecule is O=C1C(C(F)(F)F)CN(CC2CC2)N1c1cc(Cl)c(Cl)cc1Cl. The molecule has 0 aromatic heterocycles. The molecule has 3 nitrogen and oxygen atoms in total. The molecule has 1 saturated carbocycles. The Morgan fingerprint density at radius 1 is 1.09 bits per heavy atom. The van der Waals surface area contributed by atoms with Crippen molar-refractivity contribution in [2.45, 2.75) is 19.0 Å². The molecular weight excluding hydrogens is 376 g/mol. The lowest BCUT2D eigenvalue weighted by Crippen LogP contribution is -2.41. The van der Waals surface area contributed by atoms with E-state index in [1.807, 2.05) is 0 Å². The van der Waals surface area contributed by atoms with E-state index in [-0.39, 0.29) is 20.8 Å². The Bertz CT molecular complexity index is 649. The smallest absolute Gasteiger partial charge is 0.272 e. The molecule has 23 heavy (non-hydrogen) atoms. The zero-order valence-corrected chi connectivity index (χ0v) is 14.0. The predicted octanol–water partition coefficient (Wildman–Crippen LogP) is 4.80. The van der Waals surface area contributed by atoms with Crippen LogP contribution in [-0.2, 0) is 4.79 Å². The lowest BCUT2D eigenvalue weighted by Gasteiger charge is -2.28. The van der Waals surface area contributed by atoms with Gasteiger partial charge in [-0.05, 0) is 30.9 Å². The van der Waals surface area contributed by atoms with Crippen LogP contribution in [0.5, 0.6) is 0 Å². The highest BCUT2D eigenvalue weighted by Gasteiger charge is 2.54. The highest BCUT2D eigenvalue weighted by molar-refractivity contribution is 6.44. The van der Waals surface area contributed by atoms with Gasteiger partial charge in [-0.3, -0.25) is 4.79 Å². The lowest BCUT2D eigenvalue weighted by atomic mass is 10.1. The van der Waals surface area contributed by atoms with Crippen molar-refractivity contribution >= 4 is 46.4 Å². The van der Waals surface area contributed by atoms with E-state index in [4.69, 9.17) is 34.8 Å². The van der Waals surface area contributed by atoms with Gasteiger partial charge in [0, 0.05) is 13.1 Å². The molecule has 1 aliphatic heterocycles. The fourth-order valence-electron chi connectivity index (χ4n) is 2.60. The number of hydrazine groups is 1. The second-order valence-corrected chi connectivity index (χ2v) is 7.00. The van der Waals surface area contributed by atoms with Crippen LogP contribution in [0.4, 0.5) is 18.9 Å². The quantitative estimate of drug-likeness (QED) is 0.696. The molecule has 1 aliphatic carbocycles. The summed E-state index contributed by atoms with van der Waals surface area (Å²) in [4.78, 5) is 12.3. The molecule has 126 valence electrons. The molecular formula is C14H12Cl3F3N2O. The first kappa shape index (κ1) is 17.1. The third kappa shape index (κ3) is 3.40. The summed E-state index contributed by atoms with van der Waals surface area (Å²) in [5.74, 6) is -2.80. The highest BCUT2D eigenvalue weighted by Crippen LogP contribution is 2.42. The normalized spacial score (nSPS) is 23.0. The van der Waals surface area contributed by atoms with Gasteiger partial charge in [-0.25, -0.2) is 10.0 Å². The summed E-state index contributed by atoms with van der Waals surface area (Å²) in [5.41, 5.74) is 0.124. The van der Waals surface area contributed by atoms with E-state index in [9.17, 15) is 18.0 Å². The number of amides is 1. The van der Waals surface area contributed by atoms with Crippen molar-refractivity contribution in [2.24, 2.45) is 11.8 Å². The Morgan fingerprint density at radius 3 is 2.26 bits per heavy atom. The number of carbonyl (C=O) groups is 1. The predicted molar refractivity (Wildman–Crippen MR) is 82.8 cm³/mol. The van der Waals surface area contributed by atoms with Crippen LogP contribution < -0.4 is 5.01 Å². The van der Waals surface area contributed by atoms with E-state index >= 15 is 0 Å². The molecule has 1 saturated heterocycles. The molecule has 1 unspecified atom stereocenters. The van der Waals surface area contributed by atoms with Crippen molar-refractivity contribution in [3.05, 3.63) is 27.2 Å². The summed E-state index contributed by atoms with van der Waals surface area (Å²) in [6, 6.07) is 2.65. The van der Waals surface area contributed by atoms with Crippen molar-refractivity contribution in [3.8, 4) is 0 Å². The Labute approximate surface area is 145 Å². The molecule has 2 aliphatic rings. The topological polar surface area (TPSA) is 23.6 Å². The monoisotopic (exact) mass is 386 g/mol. The minimum Gasteiger partial charge on any atom is -0.272 e. The maximum absolute atomic E-state index is 13.1. The van der Waals surface area contributed by atoms with E-state index in [0.29, 0.717) is 12.5 Å². The molecule has 1 aromatic carbocycles. The average Bonchev–Trinajstić information content (AvgIpc) is 3.17. The van der Waals surface area contributed by atoms with Gasteiger partial charge < -0.3 is 0 Å². The Kier molecular flexibility index (Phi) is 4.46. The standard InChI is InChI=1S/C14H12Cl3F3N2O/c15-9-3-11(17)12(4-10(9)16)22-13(23)8(14(18,19)20)6-21(22)5-7-1-2-7/h3-4,7-8H,1-2,5-6H2. The molecule has 1 aromatic rings. The van der Waals surface area contributed by atoms with E-state index in [1.165, 1.54) is 17.1 Å². The zero-order valence-electron chi connectivity index (χ0n) is 11.7. The molecule has 1 heterocycles. The zero-order chi connectivity index (χ0) is 16.9. The maximum atomic E-state index is 13.1. The number of alkyl halides is 3. The summed E-state index contributed by atoms with van der Waals surface area (Å²) in [5, 5.41) is 2.79. The largest absolute Gasteiger partial charge is 0.401 e. The van der Waals surface area contributed by atoms with Gasteiger partial charge in [0.1, 0.15) is 5.92 Å². The molecule has 0 spiro atoms. The van der Waals surface area contributed by atoms with Crippen molar-refractivity contribution in [2.75, 3.05) is 18.1 Å². The fraction of sp³-hybridized carbons (Fsp3) is 0.500. The first-order chi connectivity index (χ1) is 10.7. The second kappa shape index (κ2) is 5.99. The minimum absolute atomic E-state index is 0.0800. The first-order valence-corrected chi connectivity index (χ1v) is 8.12. The number of anilines is 1. The highest BCUT2D eigenvalue weighted by atomic mass is 35.5. The number of carbonyl (C=O) groups excluding carboxylic acids is 1. The molecule has 1 amide bonds. The summed E-state index contributed by atoms with van der Waals surface area (Å²) >= 11 is 17.9.